The first-order valence-corrected chi connectivity index (χ1v) is 4.14. The summed E-state index contributed by atoms with van der Waals surface area (Å²) in [4.78, 5) is 22.1. The Morgan fingerprint density at radius 1 is 1.42 bits per heavy atom. The predicted molar refractivity (Wildman–Crippen MR) is 43.6 cm³/mol. The summed E-state index contributed by atoms with van der Waals surface area (Å²) < 4.78 is 4.96. The van der Waals surface area contributed by atoms with Crippen LogP contribution < -0.4 is 0 Å². The lowest BCUT2D eigenvalue weighted by Gasteiger charge is -2.10. The van der Waals surface area contributed by atoms with E-state index in [1.54, 1.807) is 0 Å². The SMILES string of the molecule is CCO/C=C1/CCCC(=O)C1=O. The van der Waals surface area contributed by atoms with Gasteiger partial charge >= 0.3 is 0 Å². The van der Waals surface area contributed by atoms with Gasteiger partial charge in [-0.15, -0.1) is 0 Å². The highest BCUT2D eigenvalue weighted by molar-refractivity contribution is 6.44. The molecule has 0 bridgehead atoms. The van der Waals surface area contributed by atoms with E-state index >= 15 is 0 Å². The van der Waals surface area contributed by atoms with Gasteiger partial charge in [0.05, 0.1) is 12.9 Å². The maximum Gasteiger partial charge on any atom is 0.227 e. The van der Waals surface area contributed by atoms with Crippen LogP contribution in [0.1, 0.15) is 26.2 Å². The normalized spacial score (nSPS) is 21.6. The van der Waals surface area contributed by atoms with Gasteiger partial charge in [-0.1, -0.05) is 0 Å². The lowest BCUT2D eigenvalue weighted by molar-refractivity contribution is -0.135. The third-order valence-corrected chi connectivity index (χ3v) is 1.79. The van der Waals surface area contributed by atoms with Gasteiger partial charge in [-0.25, -0.2) is 0 Å². The summed E-state index contributed by atoms with van der Waals surface area (Å²) in [7, 11) is 0. The van der Waals surface area contributed by atoms with Gasteiger partial charge in [-0.3, -0.25) is 9.59 Å². The number of allylic oxidation sites excluding steroid dienone is 1. The van der Waals surface area contributed by atoms with E-state index < -0.39 is 0 Å². The lowest BCUT2D eigenvalue weighted by Crippen LogP contribution is -2.21. The minimum atomic E-state index is -0.366. The van der Waals surface area contributed by atoms with Gasteiger partial charge in [-0.05, 0) is 19.8 Å². The van der Waals surface area contributed by atoms with Gasteiger partial charge in [0.2, 0.25) is 11.6 Å². The van der Waals surface area contributed by atoms with Crippen molar-refractivity contribution in [2.75, 3.05) is 6.61 Å². The third-order valence-electron chi connectivity index (χ3n) is 1.79. The van der Waals surface area contributed by atoms with Crippen molar-refractivity contribution in [3.05, 3.63) is 11.8 Å². The van der Waals surface area contributed by atoms with E-state index in [1.807, 2.05) is 6.92 Å². The molecule has 0 aromatic carbocycles. The van der Waals surface area contributed by atoms with Crippen molar-refractivity contribution in [1.29, 1.82) is 0 Å². The third kappa shape index (κ3) is 1.94. The second kappa shape index (κ2) is 4.04. The van der Waals surface area contributed by atoms with Crippen LogP contribution in [-0.2, 0) is 14.3 Å². The number of rotatable bonds is 2. The van der Waals surface area contributed by atoms with E-state index in [0.29, 0.717) is 25.0 Å². The number of ether oxygens (including phenoxy) is 1. The van der Waals surface area contributed by atoms with Gasteiger partial charge in [-0.2, -0.15) is 0 Å². The molecule has 0 N–H and O–H groups in total. The number of hydrogen-bond donors (Lipinski definition) is 0. The summed E-state index contributed by atoms with van der Waals surface area (Å²) in [6.07, 6.45) is 3.25. The van der Waals surface area contributed by atoms with E-state index in [1.165, 1.54) is 6.26 Å². The molecule has 12 heavy (non-hydrogen) atoms. The first-order valence-electron chi connectivity index (χ1n) is 4.14. The largest absolute Gasteiger partial charge is 0.501 e. The van der Waals surface area contributed by atoms with E-state index in [2.05, 4.69) is 0 Å². The average molecular weight is 168 g/mol. The summed E-state index contributed by atoms with van der Waals surface area (Å²) in [5, 5.41) is 0. The first kappa shape index (κ1) is 8.97. The Bertz CT molecular complexity index is 228. The Labute approximate surface area is 71.4 Å². The van der Waals surface area contributed by atoms with Gasteiger partial charge in [0.1, 0.15) is 0 Å². The summed E-state index contributed by atoms with van der Waals surface area (Å²) in [6, 6.07) is 0. The standard InChI is InChI=1S/C9H12O3/c1-2-12-6-7-4-3-5-8(10)9(7)11/h6H,2-5H2,1H3/b7-6-. The molecule has 0 radical (unpaired) electrons. The summed E-state index contributed by atoms with van der Waals surface area (Å²) in [5.41, 5.74) is 0.521. The second-order valence-corrected chi connectivity index (χ2v) is 2.70. The molecular weight excluding hydrogens is 156 g/mol. The Balaban J connectivity index is 2.63. The van der Waals surface area contributed by atoms with E-state index in [9.17, 15) is 9.59 Å². The highest BCUT2D eigenvalue weighted by Crippen LogP contribution is 2.16. The van der Waals surface area contributed by atoms with Gasteiger partial charge in [0.25, 0.3) is 0 Å². The van der Waals surface area contributed by atoms with Crippen LogP contribution in [0.2, 0.25) is 0 Å². The fourth-order valence-electron chi connectivity index (χ4n) is 1.14. The van der Waals surface area contributed by atoms with Crippen LogP contribution in [0.3, 0.4) is 0 Å². The number of ketones is 2. The van der Waals surface area contributed by atoms with E-state index in [0.717, 1.165) is 6.42 Å². The summed E-state index contributed by atoms with van der Waals surface area (Å²) in [5.74, 6) is -0.651. The minimum Gasteiger partial charge on any atom is -0.501 e. The van der Waals surface area contributed by atoms with Crippen LogP contribution in [0.25, 0.3) is 0 Å². The number of carbonyl (C=O) groups is 2. The molecule has 0 saturated heterocycles. The summed E-state index contributed by atoms with van der Waals surface area (Å²) in [6.45, 7) is 2.37. The highest BCUT2D eigenvalue weighted by atomic mass is 16.5. The van der Waals surface area contributed by atoms with Crippen molar-refractivity contribution < 1.29 is 14.3 Å². The van der Waals surface area contributed by atoms with E-state index in [-0.39, 0.29) is 11.6 Å². The Morgan fingerprint density at radius 2 is 2.17 bits per heavy atom. The van der Waals surface area contributed by atoms with Gasteiger partial charge in [0.15, 0.2) is 0 Å². The molecular formula is C9H12O3. The lowest BCUT2D eigenvalue weighted by atomic mass is 9.93. The van der Waals surface area contributed by atoms with Crippen LogP contribution in [0.15, 0.2) is 11.8 Å². The smallest absolute Gasteiger partial charge is 0.227 e. The molecule has 0 aromatic heterocycles. The van der Waals surface area contributed by atoms with Crippen LogP contribution in [0.4, 0.5) is 0 Å². The molecule has 3 nitrogen and oxygen atoms in total. The fourth-order valence-corrected chi connectivity index (χ4v) is 1.14. The maximum atomic E-state index is 11.1. The molecule has 0 aromatic rings. The molecule has 0 heterocycles. The molecule has 1 fully saturated rings. The number of hydrogen-bond acceptors (Lipinski definition) is 3. The van der Waals surface area contributed by atoms with Gasteiger partial charge in [0, 0.05) is 12.0 Å². The molecule has 0 amide bonds. The van der Waals surface area contributed by atoms with Crippen LogP contribution in [0.5, 0.6) is 0 Å². The van der Waals surface area contributed by atoms with E-state index in [4.69, 9.17) is 4.74 Å². The van der Waals surface area contributed by atoms with Crippen molar-refractivity contribution in [2.24, 2.45) is 0 Å². The predicted octanol–water partition coefficient (Wildman–Crippen LogP) is 1.23. The average Bonchev–Trinajstić information content (AvgIpc) is 2.08. The van der Waals surface area contributed by atoms with Crippen molar-refractivity contribution in [1.82, 2.24) is 0 Å². The molecule has 0 atom stereocenters. The molecule has 1 saturated carbocycles. The fraction of sp³-hybridized carbons (Fsp3) is 0.556. The van der Waals surface area contributed by atoms with Crippen molar-refractivity contribution in [3.63, 3.8) is 0 Å². The second-order valence-electron chi connectivity index (χ2n) is 2.70. The Morgan fingerprint density at radius 3 is 2.83 bits per heavy atom. The number of Topliss-reactive ketones (excluding diaryl/α,β-unsaturated/α-hetero) is 2. The molecule has 0 unspecified atom stereocenters. The molecule has 1 rings (SSSR count). The zero-order chi connectivity index (χ0) is 8.97. The number of carbonyl (C=O) groups excluding carboxylic acids is 2. The molecule has 1 aliphatic carbocycles. The van der Waals surface area contributed by atoms with Crippen LogP contribution in [0, 0.1) is 0 Å². The zero-order valence-electron chi connectivity index (χ0n) is 7.13. The Kier molecular flexibility index (Phi) is 3.02. The van der Waals surface area contributed by atoms with Crippen LogP contribution >= 0.6 is 0 Å². The van der Waals surface area contributed by atoms with Gasteiger partial charge < -0.3 is 4.74 Å². The molecule has 66 valence electrons. The van der Waals surface area contributed by atoms with Crippen molar-refractivity contribution >= 4 is 11.6 Å². The molecule has 0 spiro atoms. The Hall–Kier alpha value is -1.12. The molecule has 1 aliphatic rings. The van der Waals surface area contributed by atoms with Crippen molar-refractivity contribution in [3.8, 4) is 0 Å². The zero-order valence-corrected chi connectivity index (χ0v) is 7.13. The first-order chi connectivity index (χ1) is 5.75. The quantitative estimate of drug-likeness (QED) is 0.354. The molecule has 3 heteroatoms. The van der Waals surface area contributed by atoms with Crippen molar-refractivity contribution in [2.45, 2.75) is 26.2 Å². The highest BCUT2D eigenvalue weighted by Gasteiger charge is 2.23. The monoisotopic (exact) mass is 168 g/mol. The minimum absolute atomic E-state index is 0.285. The maximum absolute atomic E-state index is 11.1. The molecule has 0 aliphatic heterocycles. The summed E-state index contributed by atoms with van der Waals surface area (Å²) >= 11 is 0. The van der Waals surface area contributed by atoms with Crippen LogP contribution in [-0.4, -0.2) is 18.2 Å². The topological polar surface area (TPSA) is 43.4 Å².